The predicted octanol–water partition coefficient (Wildman–Crippen LogP) is 1.41. The molecule has 0 radical (unpaired) electrons. The zero-order valence-corrected chi connectivity index (χ0v) is 11.9. The number of rotatable bonds is 7. The third-order valence-electron chi connectivity index (χ3n) is 2.62. The molecule has 1 aromatic rings. The van der Waals surface area contributed by atoms with E-state index < -0.39 is 11.9 Å². The number of nitrogens with one attached hydrogen (secondary N) is 1. The molecule has 0 fully saturated rings. The summed E-state index contributed by atoms with van der Waals surface area (Å²) in [6.45, 7) is 3.48. The van der Waals surface area contributed by atoms with Gasteiger partial charge in [-0.25, -0.2) is 4.39 Å². The number of amides is 1. The van der Waals surface area contributed by atoms with Gasteiger partial charge >= 0.3 is 0 Å². The Bertz CT molecular complexity index is 451. The number of carbonyl (C=O) groups excluding carboxylic acids is 1. The molecule has 0 saturated heterocycles. The molecule has 0 aliphatic rings. The Hall–Kier alpha value is -1.66. The van der Waals surface area contributed by atoms with Gasteiger partial charge < -0.3 is 19.9 Å². The van der Waals surface area contributed by atoms with E-state index in [2.05, 4.69) is 5.32 Å². The Morgan fingerprint density at radius 1 is 1.45 bits per heavy atom. The monoisotopic (exact) mass is 285 g/mol. The minimum Gasteiger partial charge on any atom is -0.484 e. The van der Waals surface area contributed by atoms with Crippen molar-refractivity contribution in [2.24, 2.45) is 0 Å². The van der Waals surface area contributed by atoms with Crippen LogP contribution in [0.5, 0.6) is 5.75 Å². The lowest BCUT2D eigenvalue weighted by Crippen LogP contribution is -2.38. The maximum Gasteiger partial charge on any atom is 0.258 e. The Morgan fingerprint density at radius 3 is 2.70 bits per heavy atom. The summed E-state index contributed by atoms with van der Waals surface area (Å²) in [5.74, 6) is -0.637. The molecule has 1 aromatic carbocycles. The van der Waals surface area contributed by atoms with Crippen LogP contribution in [0, 0.1) is 5.82 Å². The van der Waals surface area contributed by atoms with Gasteiger partial charge in [0.05, 0.1) is 12.7 Å². The highest BCUT2D eigenvalue weighted by Gasteiger charge is 2.11. The lowest BCUT2D eigenvalue weighted by atomic mass is 10.1. The van der Waals surface area contributed by atoms with E-state index in [1.807, 2.05) is 0 Å². The number of methoxy groups -OCH3 is 1. The molecule has 1 amide bonds. The van der Waals surface area contributed by atoms with Crippen LogP contribution < -0.4 is 10.1 Å². The SMILES string of the molecule is COCC(C)NC(=O)COc1ccc([C@H](C)O)c(F)c1. The molecule has 0 saturated carbocycles. The van der Waals surface area contributed by atoms with Crippen molar-refractivity contribution < 1.29 is 23.8 Å². The van der Waals surface area contributed by atoms with Crippen molar-refractivity contribution in [3.63, 3.8) is 0 Å². The van der Waals surface area contributed by atoms with E-state index in [9.17, 15) is 14.3 Å². The van der Waals surface area contributed by atoms with Crippen LogP contribution in [-0.2, 0) is 9.53 Å². The van der Waals surface area contributed by atoms with E-state index in [4.69, 9.17) is 9.47 Å². The summed E-state index contributed by atoms with van der Waals surface area (Å²) in [5, 5.41) is 12.0. The van der Waals surface area contributed by atoms with Crippen LogP contribution in [-0.4, -0.2) is 37.4 Å². The minimum absolute atomic E-state index is 0.120. The number of aliphatic hydroxyl groups excluding tert-OH is 1. The molecule has 1 unspecified atom stereocenters. The van der Waals surface area contributed by atoms with Crippen molar-refractivity contribution in [1.82, 2.24) is 5.32 Å². The van der Waals surface area contributed by atoms with Gasteiger partial charge in [-0.1, -0.05) is 0 Å². The van der Waals surface area contributed by atoms with Crippen molar-refractivity contribution in [3.05, 3.63) is 29.6 Å². The summed E-state index contributed by atoms with van der Waals surface area (Å²) in [6, 6.07) is 3.97. The molecule has 2 N–H and O–H groups in total. The Balaban J connectivity index is 2.49. The van der Waals surface area contributed by atoms with Crippen molar-refractivity contribution in [3.8, 4) is 5.75 Å². The third kappa shape index (κ3) is 5.14. The Morgan fingerprint density at radius 2 is 2.15 bits per heavy atom. The number of carbonyl (C=O) groups is 1. The molecule has 0 aliphatic heterocycles. The van der Waals surface area contributed by atoms with Crippen LogP contribution in [0.25, 0.3) is 0 Å². The average molecular weight is 285 g/mol. The molecule has 0 heterocycles. The molecule has 2 atom stereocenters. The van der Waals surface area contributed by atoms with Crippen molar-refractivity contribution in [1.29, 1.82) is 0 Å². The van der Waals surface area contributed by atoms with Gasteiger partial charge in [0.25, 0.3) is 5.91 Å². The maximum absolute atomic E-state index is 13.6. The highest BCUT2D eigenvalue weighted by atomic mass is 19.1. The van der Waals surface area contributed by atoms with Crippen molar-refractivity contribution in [2.45, 2.75) is 26.0 Å². The molecule has 0 aliphatic carbocycles. The Labute approximate surface area is 117 Å². The normalized spacial score (nSPS) is 13.7. The molecule has 112 valence electrons. The number of halogens is 1. The first-order valence-electron chi connectivity index (χ1n) is 6.32. The fourth-order valence-electron chi connectivity index (χ4n) is 1.69. The second kappa shape index (κ2) is 7.81. The largest absolute Gasteiger partial charge is 0.484 e. The predicted molar refractivity (Wildman–Crippen MR) is 72.0 cm³/mol. The molecule has 20 heavy (non-hydrogen) atoms. The molecule has 6 heteroatoms. The molecular weight excluding hydrogens is 265 g/mol. The number of benzene rings is 1. The first-order valence-corrected chi connectivity index (χ1v) is 6.32. The van der Waals surface area contributed by atoms with Gasteiger partial charge in [-0.2, -0.15) is 0 Å². The highest BCUT2D eigenvalue weighted by Crippen LogP contribution is 2.21. The molecule has 1 rings (SSSR count). The quantitative estimate of drug-likeness (QED) is 0.795. The van der Waals surface area contributed by atoms with Crippen molar-refractivity contribution in [2.75, 3.05) is 20.3 Å². The van der Waals surface area contributed by atoms with Gasteiger partial charge in [0.1, 0.15) is 11.6 Å². The summed E-state index contributed by atoms with van der Waals surface area (Å²) in [4.78, 5) is 11.5. The number of hydrogen-bond donors (Lipinski definition) is 2. The lowest BCUT2D eigenvalue weighted by Gasteiger charge is -2.13. The van der Waals surface area contributed by atoms with E-state index >= 15 is 0 Å². The fraction of sp³-hybridized carbons (Fsp3) is 0.500. The second-order valence-corrected chi connectivity index (χ2v) is 4.57. The van der Waals surface area contributed by atoms with Gasteiger partial charge in [-0.3, -0.25) is 4.79 Å². The van der Waals surface area contributed by atoms with Crippen LogP contribution in [0.2, 0.25) is 0 Å². The van der Waals surface area contributed by atoms with Crippen LogP contribution in [0.3, 0.4) is 0 Å². The summed E-state index contributed by atoms with van der Waals surface area (Å²) in [6.07, 6.45) is -0.887. The molecule has 0 aromatic heterocycles. The van der Waals surface area contributed by atoms with E-state index in [1.165, 1.54) is 19.1 Å². The van der Waals surface area contributed by atoms with Crippen LogP contribution in [0.1, 0.15) is 25.5 Å². The molecule has 0 spiro atoms. The third-order valence-corrected chi connectivity index (χ3v) is 2.62. The lowest BCUT2D eigenvalue weighted by molar-refractivity contribution is -0.124. The zero-order chi connectivity index (χ0) is 15.1. The van der Waals surface area contributed by atoms with Crippen LogP contribution in [0.15, 0.2) is 18.2 Å². The van der Waals surface area contributed by atoms with Gasteiger partial charge in [-0.05, 0) is 26.0 Å². The number of hydrogen-bond acceptors (Lipinski definition) is 4. The second-order valence-electron chi connectivity index (χ2n) is 4.57. The topological polar surface area (TPSA) is 67.8 Å². The minimum atomic E-state index is -0.887. The summed E-state index contributed by atoms with van der Waals surface area (Å²) >= 11 is 0. The summed E-state index contributed by atoms with van der Waals surface area (Å²) < 4.78 is 23.7. The van der Waals surface area contributed by atoms with E-state index in [-0.39, 0.29) is 29.9 Å². The highest BCUT2D eigenvalue weighted by molar-refractivity contribution is 5.77. The molecule has 5 nitrogen and oxygen atoms in total. The standard InChI is InChI=1S/C14H20FNO4/c1-9(7-19-3)16-14(18)8-20-11-4-5-12(10(2)17)13(15)6-11/h4-6,9-10,17H,7-8H2,1-3H3,(H,16,18)/t9?,10-/m0/s1. The molecule has 0 bridgehead atoms. The van der Waals surface area contributed by atoms with Gasteiger partial charge in [0.2, 0.25) is 0 Å². The summed E-state index contributed by atoms with van der Waals surface area (Å²) in [7, 11) is 1.55. The smallest absolute Gasteiger partial charge is 0.258 e. The maximum atomic E-state index is 13.6. The fourth-order valence-corrected chi connectivity index (χ4v) is 1.69. The van der Waals surface area contributed by atoms with E-state index in [0.29, 0.717) is 6.61 Å². The van der Waals surface area contributed by atoms with Crippen molar-refractivity contribution >= 4 is 5.91 Å². The van der Waals surface area contributed by atoms with Gasteiger partial charge in [-0.15, -0.1) is 0 Å². The van der Waals surface area contributed by atoms with Gasteiger partial charge in [0.15, 0.2) is 6.61 Å². The first-order chi connectivity index (χ1) is 9.43. The summed E-state index contributed by atoms with van der Waals surface area (Å²) in [5.41, 5.74) is 0.190. The number of ether oxygens (including phenoxy) is 2. The zero-order valence-electron chi connectivity index (χ0n) is 11.9. The number of aliphatic hydroxyl groups is 1. The first kappa shape index (κ1) is 16.4. The van der Waals surface area contributed by atoms with E-state index in [0.717, 1.165) is 6.07 Å². The van der Waals surface area contributed by atoms with Crippen LogP contribution in [0.4, 0.5) is 4.39 Å². The molecular formula is C14H20FNO4. The van der Waals surface area contributed by atoms with E-state index in [1.54, 1.807) is 14.0 Å². The average Bonchev–Trinajstić information content (AvgIpc) is 2.36. The van der Waals surface area contributed by atoms with Gasteiger partial charge in [0, 0.05) is 24.8 Å². The van der Waals surface area contributed by atoms with Crippen LogP contribution >= 0.6 is 0 Å². The Kier molecular flexibility index (Phi) is 6.41.